The summed E-state index contributed by atoms with van der Waals surface area (Å²) in [7, 11) is 1.73. The number of carboxylic acid groups (broad SMARTS) is 1. The number of aliphatic carboxylic acids is 1. The molecule has 0 bridgehead atoms. The van der Waals surface area contributed by atoms with Gasteiger partial charge in [0.15, 0.2) is 0 Å². The highest BCUT2D eigenvalue weighted by Gasteiger charge is 2.37. The molecule has 6 heteroatoms. The van der Waals surface area contributed by atoms with Gasteiger partial charge in [-0.1, -0.05) is 13.8 Å². The smallest absolute Gasteiger partial charge is 0.327 e. The van der Waals surface area contributed by atoms with E-state index in [9.17, 15) is 9.59 Å². The maximum absolute atomic E-state index is 12.2. The minimum absolute atomic E-state index is 0.0996. The second-order valence-corrected chi connectivity index (χ2v) is 5.70. The van der Waals surface area contributed by atoms with Gasteiger partial charge in [-0.15, -0.1) is 11.8 Å². The van der Waals surface area contributed by atoms with Gasteiger partial charge in [0.2, 0.25) is 0 Å². The minimum atomic E-state index is -0.922. The number of carbonyl (C=O) groups is 2. The van der Waals surface area contributed by atoms with Crippen LogP contribution in [-0.2, 0) is 4.79 Å². The van der Waals surface area contributed by atoms with E-state index in [4.69, 9.17) is 5.11 Å². The highest BCUT2D eigenvalue weighted by atomic mass is 32.2. The van der Waals surface area contributed by atoms with E-state index in [1.807, 2.05) is 20.8 Å². The summed E-state index contributed by atoms with van der Waals surface area (Å²) >= 11 is 1.48. The molecule has 2 amide bonds. The maximum Gasteiger partial charge on any atom is 0.327 e. The molecule has 0 aliphatic carbocycles. The predicted molar refractivity (Wildman–Crippen MR) is 68.0 cm³/mol. The van der Waals surface area contributed by atoms with Gasteiger partial charge in [0.25, 0.3) is 0 Å². The van der Waals surface area contributed by atoms with Crippen molar-refractivity contribution in [2.75, 3.05) is 18.7 Å². The van der Waals surface area contributed by atoms with Crippen molar-refractivity contribution in [3.8, 4) is 0 Å². The fourth-order valence-corrected chi connectivity index (χ4v) is 2.80. The van der Waals surface area contributed by atoms with Crippen LogP contribution >= 0.6 is 11.8 Å². The molecule has 0 radical (unpaired) electrons. The molecule has 1 saturated heterocycles. The predicted octanol–water partition coefficient (Wildman–Crippen LogP) is 1.54. The van der Waals surface area contributed by atoms with Crippen molar-refractivity contribution in [3.05, 3.63) is 0 Å². The van der Waals surface area contributed by atoms with Crippen LogP contribution in [0, 0.1) is 5.92 Å². The summed E-state index contributed by atoms with van der Waals surface area (Å²) in [6.07, 6.45) is 0. The molecular weight excluding hydrogens is 240 g/mol. The molecule has 1 heterocycles. The number of nitrogens with zero attached hydrogens (tertiary/aromatic N) is 2. The zero-order valence-corrected chi connectivity index (χ0v) is 11.5. The molecule has 1 N–H and O–H groups in total. The van der Waals surface area contributed by atoms with Crippen LogP contribution in [-0.4, -0.2) is 57.7 Å². The second-order valence-electron chi connectivity index (χ2n) is 4.70. The molecule has 1 rings (SSSR count). The third-order valence-electron chi connectivity index (χ3n) is 3.29. The molecular formula is C11H20N2O3S. The Hall–Kier alpha value is -0.910. The number of carboxylic acids is 1. The van der Waals surface area contributed by atoms with Crippen molar-refractivity contribution in [1.29, 1.82) is 0 Å². The lowest BCUT2D eigenvalue weighted by atomic mass is 10.1. The van der Waals surface area contributed by atoms with Crippen LogP contribution in [0.25, 0.3) is 0 Å². The molecule has 0 aromatic rings. The van der Waals surface area contributed by atoms with Crippen molar-refractivity contribution >= 4 is 23.8 Å². The average Bonchev–Trinajstić information content (AvgIpc) is 2.74. The van der Waals surface area contributed by atoms with Gasteiger partial charge >= 0.3 is 12.0 Å². The standard InChI is InChI=1S/C11H20N2O3S/c1-7(2)8(3)12(4)11(16)13-6-17-5-9(13)10(14)15/h7-9H,5-6H2,1-4H3,(H,14,15)/t8?,9-/m0/s1. The molecule has 5 nitrogen and oxygen atoms in total. The monoisotopic (exact) mass is 260 g/mol. The molecule has 17 heavy (non-hydrogen) atoms. The van der Waals surface area contributed by atoms with Crippen LogP contribution in [0.5, 0.6) is 0 Å². The first-order valence-corrected chi connectivity index (χ1v) is 6.85. The molecule has 0 aromatic heterocycles. The van der Waals surface area contributed by atoms with Gasteiger partial charge in [0.05, 0.1) is 5.88 Å². The van der Waals surface area contributed by atoms with Crippen LogP contribution in [0.1, 0.15) is 20.8 Å². The Morgan fingerprint density at radius 2 is 2.00 bits per heavy atom. The summed E-state index contributed by atoms with van der Waals surface area (Å²) in [6.45, 7) is 6.06. The Morgan fingerprint density at radius 3 is 2.47 bits per heavy atom. The fourth-order valence-electron chi connectivity index (χ4n) is 1.66. The van der Waals surface area contributed by atoms with Gasteiger partial charge < -0.3 is 14.9 Å². The Balaban J connectivity index is 2.72. The normalized spacial score (nSPS) is 21.7. The van der Waals surface area contributed by atoms with Gasteiger partial charge in [0.1, 0.15) is 6.04 Å². The fraction of sp³-hybridized carbons (Fsp3) is 0.818. The zero-order chi connectivity index (χ0) is 13.2. The van der Waals surface area contributed by atoms with Gasteiger partial charge in [-0.25, -0.2) is 9.59 Å². The van der Waals surface area contributed by atoms with E-state index in [-0.39, 0.29) is 12.1 Å². The summed E-state index contributed by atoms with van der Waals surface area (Å²) in [4.78, 5) is 26.3. The van der Waals surface area contributed by atoms with Gasteiger partial charge in [-0.05, 0) is 12.8 Å². The minimum Gasteiger partial charge on any atom is -0.480 e. The van der Waals surface area contributed by atoms with Crippen LogP contribution in [0.15, 0.2) is 0 Å². The Kier molecular flexibility index (Phi) is 4.68. The Morgan fingerprint density at radius 1 is 1.41 bits per heavy atom. The van der Waals surface area contributed by atoms with Crippen LogP contribution in [0.2, 0.25) is 0 Å². The van der Waals surface area contributed by atoms with E-state index in [2.05, 4.69) is 0 Å². The number of carbonyl (C=O) groups excluding carboxylic acids is 1. The highest BCUT2D eigenvalue weighted by molar-refractivity contribution is 7.99. The van der Waals surface area contributed by atoms with E-state index in [0.29, 0.717) is 17.5 Å². The Bertz CT molecular complexity index is 309. The van der Waals surface area contributed by atoms with Crippen LogP contribution < -0.4 is 0 Å². The summed E-state index contributed by atoms with van der Waals surface area (Å²) < 4.78 is 0. The molecule has 2 atom stereocenters. The van der Waals surface area contributed by atoms with E-state index in [0.717, 1.165) is 0 Å². The van der Waals surface area contributed by atoms with Crippen molar-refractivity contribution in [2.45, 2.75) is 32.9 Å². The lowest BCUT2D eigenvalue weighted by molar-refractivity contribution is -0.141. The number of hydrogen-bond donors (Lipinski definition) is 1. The lowest BCUT2D eigenvalue weighted by Gasteiger charge is -2.33. The van der Waals surface area contributed by atoms with Crippen molar-refractivity contribution in [3.63, 3.8) is 0 Å². The van der Waals surface area contributed by atoms with Crippen LogP contribution in [0.4, 0.5) is 4.79 Å². The number of urea groups is 1. The molecule has 1 aliphatic rings. The first kappa shape index (κ1) is 14.2. The van der Waals surface area contributed by atoms with Crippen LogP contribution in [0.3, 0.4) is 0 Å². The third kappa shape index (κ3) is 3.06. The van der Waals surface area contributed by atoms with Crippen molar-refractivity contribution in [1.82, 2.24) is 9.80 Å². The second kappa shape index (κ2) is 5.62. The molecule has 1 aliphatic heterocycles. The summed E-state index contributed by atoms with van der Waals surface area (Å²) in [6, 6.07) is -0.777. The summed E-state index contributed by atoms with van der Waals surface area (Å²) in [5.74, 6) is 0.368. The lowest BCUT2D eigenvalue weighted by Crippen LogP contribution is -2.50. The van der Waals surface area contributed by atoms with Gasteiger partial charge in [-0.3, -0.25) is 0 Å². The summed E-state index contributed by atoms with van der Waals surface area (Å²) in [5.41, 5.74) is 0. The molecule has 0 aromatic carbocycles. The number of thioether (sulfide) groups is 1. The molecule has 98 valence electrons. The first-order valence-electron chi connectivity index (χ1n) is 5.70. The summed E-state index contributed by atoms with van der Waals surface area (Å²) in [5, 5.41) is 9.04. The number of rotatable bonds is 3. The SMILES string of the molecule is CC(C)C(C)N(C)C(=O)N1CSC[C@H]1C(=O)O. The first-order chi connectivity index (χ1) is 7.86. The van der Waals surface area contributed by atoms with E-state index >= 15 is 0 Å². The third-order valence-corrected chi connectivity index (χ3v) is 4.30. The highest BCUT2D eigenvalue weighted by Crippen LogP contribution is 2.23. The van der Waals surface area contributed by atoms with E-state index < -0.39 is 12.0 Å². The van der Waals surface area contributed by atoms with Crippen molar-refractivity contribution in [2.24, 2.45) is 5.92 Å². The van der Waals surface area contributed by atoms with E-state index in [1.54, 1.807) is 11.9 Å². The largest absolute Gasteiger partial charge is 0.480 e. The van der Waals surface area contributed by atoms with E-state index in [1.165, 1.54) is 16.7 Å². The van der Waals surface area contributed by atoms with Crippen molar-refractivity contribution < 1.29 is 14.7 Å². The number of amides is 2. The molecule has 1 unspecified atom stereocenters. The number of hydrogen-bond acceptors (Lipinski definition) is 3. The molecule has 0 spiro atoms. The average molecular weight is 260 g/mol. The Labute approximate surface area is 106 Å². The zero-order valence-electron chi connectivity index (χ0n) is 10.7. The molecule has 0 saturated carbocycles. The van der Waals surface area contributed by atoms with Gasteiger partial charge in [0, 0.05) is 18.8 Å². The van der Waals surface area contributed by atoms with Gasteiger partial charge in [-0.2, -0.15) is 0 Å². The maximum atomic E-state index is 12.2. The molecule has 1 fully saturated rings. The topological polar surface area (TPSA) is 60.9 Å². The quantitative estimate of drug-likeness (QED) is 0.836.